The zero-order valence-corrected chi connectivity index (χ0v) is 11.0. The number of hydrogen-bond acceptors (Lipinski definition) is 4. The topological polar surface area (TPSA) is 77.8 Å². The number of amides is 1. The van der Waals surface area contributed by atoms with Crippen molar-refractivity contribution in [2.24, 2.45) is 5.92 Å². The number of pyridine rings is 1. The second-order valence-electron chi connectivity index (χ2n) is 4.69. The molecule has 1 aliphatic rings. The standard InChI is InChI=1S/C13H13F3N4O/c14-13(15,16)10-4-3-9(7-17)11(20-10)18-5-6-19-12(21)8-1-2-8/h3-4,8H,1-2,5-6H2,(H,18,20)(H,19,21). The summed E-state index contributed by atoms with van der Waals surface area (Å²) >= 11 is 0. The second kappa shape index (κ2) is 5.99. The lowest BCUT2D eigenvalue weighted by Crippen LogP contribution is -2.30. The Morgan fingerprint density at radius 2 is 2.10 bits per heavy atom. The molecule has 1 aliphatic carbocycles. The maximum atomic E-state index is 12.6. The molecule has 21 heavy (non-hydrogen) atoms. The highest BCUT2D eigenvalue weighted by atomic mass is 19.4. The lowest BCUT2D eigenvalue weighted by atomic mass is 10.2. The third-order valence-electron chi connectivity index (χ3n) is 2.97. The molecule has 1 aromatic heterocycles. The molecule has 1 saturated carbocycles. The molecule has 1 fully saturated rings. The third-order valence-corrected chi connectivity index (χ3v) is 2.97. The van der Waals surface area contributed by atoms with Crippen molar-refractivity contribution in [3.63, 3.8) is 0 Å². The molecule has 0 aliphatic heterocycles. The molecule has 0 saturated heterocycles. The van der Waals surface area contributed by atoms with Crippen molar-refractivity contribution in [3.8, 4) is 6.07 Å². The number of halogens is 3. The van der Waals surface area contributed by atoms with Gasteiger partial charge >= 0.3 is 6.18 Å². The first-order valence-electron chi connectivity index (χ1n) is 6.41. The van der Waals surface area contributed by atoms with E-state index in [-0.39, 0.29) is 36.3 Å². The lowest BCUT2D eigenvalue weighted by molar-refractivity contribution is -0.141. The van der Waals surface area contributed by atoms with Gasteiger partial charge in [-0.15, -0.1) is 0 Å². The summed E-state index contributed by atoms with van der Waals surface area (Å²) in [5.41, 5.74) is -1.04. The van der Waals surface area contributed by atoms with Gasteiger partial charge in [-0.2, -0.15) is 18.4 Å². The Morgan fingerprint density at radius 1 is 1.38 bits per heavy atom. The van der Waals surface area contributed by atoms with Gasteiger partial charge in [0.15, 0.2) is 0 Å². The van der Waals surface area contributed by atoms with E-state index in [1.165, 1.54) is 0 Å². The Morgan fingerprint density at radius 3 is 2.67 bits per heavy atom. The molecular weight excluding hydrogens is 285 g/mol. The third kappa shape index (κ3) is 4.08. The number of carbonyl (C=O) groups is 1. The number of alkyl halides is 3. The summed E-state index contributed by atoms with van der Waals surface area (Å²) in [6, 6.07) is 3.61. The molecule has 1 aromatic rings. The van der Waals surface area contributed by atoms with Gasteiger partial charge in [-0.3, -0.25) is 4.79 Å². The molecular formula is C13H13F3N4O. The number of nitrogens with zero attached hydrogens (tertiary/aromatic N) is 2. The average Bonchev–Trinajstić information content (AvgIpc) is 3.26. The Labute approximate surface area is 119 Å². The first kappa shape index (κ1) is 15.1. The van der Waals surface area contributed by atoms with Crippen LogP contribution in [0.1, 0.15) is 24.1 Å². The number of rotatable bonds is 5. The molecule has 112 valence electrons. The van der Waals surface area contributed by atoms with Crippen LogP contribution in [-0.4, -0.2) is 24.0 Å². The highest BCUT2D eigenvalue weighted by molar-refractivity contribution is 5.80. The molecule has 0 aromatic carbocycles. The monoisotopic (exact) mass is 298 g/mol. The number of hydrogen-bond donors (Lipinski definition) is 2. The molecule has 0 radical (unpaired) electrons. The van der Waals surface area contributed by atoms with Crippen molar-refractivity contribution >= 4 is 11.7 Å². The van der Waals surface area contributed by atoms with Crippen molar-refractivity contribution in [3.05, 3.63) is 23.4 Å². The molecule has 0 unspecified atom stereocenters. The molecule has 1 heterocycles. The van der Waals surface area contributed by atoms with Gasteiger partial charge in [0.25, 0.3) is 0 Å². The molecule has 5 nitrogen and oxygen atoms in total. The van der Waals surface area contributed by atoms with E-state index in [1.54, 1.807) is 6.07 Å². The van der Waals surface area contributed by atoms with E-state index in [0.29, 0.717) is 0 Å². The number of nitriles is 1. The maximum Gasteiger partial charge on any atom is 0.433 e. The first-order valence-corrected chi connectivity index (χ1v) is 6.41. The predicted molar refractivity (Wildman–Crippen MR) is 68.2 cm³/mol. The van der Waals surface area contributed by atoms with Crippen LogP contribution >= 0.6 is 0 Å². The summed E-state index contributed by atoms with van der Waals surface area (Å²) in [7, 11) is 0. The van der Waals surface area contributed by atoms with E-state index in [9.17, 15) is 18.0 Å². The minimum atomic E-state index is -4.56. The van der Waals surface area contributed by atoms with Crippen molar-refractivity contribution in [2.75, 3.05) is 18.4 Å². The zero-order chi connectivity index (χ0) is 15.5. The van der Waals surface area contributed by atoms with Crippen molar-refractivity contribution < 1.29 is 18.0 Å². The van der Waals surface area contributed by atoms with Crippen LogP contribution in [0.3, 0.4) is 0 Å². The Balaban J connectivity index is 1.94. The van der Waals surface area contributed by atoms with E-state index < -0.39 is 11.9 Å². The lowest BCUT2D eigenvalue weighted by Gasteiger charge is -2.11. The zero-order valence-electron chi connectivity index (χ0n) is 11.0. The summed E-state index contributed by atoms with van der Waals surface area (Å²) in [4.78, 5) is 14.8. The molecule has 2 N–H and O–H groups in total. The van der Waals surface area contributed by atoms with Gasteiger partial charge in [0.2, 0.25) is 5.91 Å². The van der Waals surface area contributed by atoms with Crippen molar-refractivity contribution in [1.29, 1.82) is 5.26 Å². The fraction of sp³-hybridized carbons (Fsp3) is 0.462. The number of nitrogens with one attached hydrogen (secondary N) is 2. The van der Waals surface area contributed by atoms with Gasteiger partial charge in [0.1, 0.15) is 17.6 Å². The van der Waals surface area contributed by atoms with Crippen LogP contribution in [0.2, 0.25) is 0 Å². The van der Waals surface area contributed by atoms with Crippen LogP contribution < -0.4 is 10.6 Å². The first-order chi connectivity index (χ1) is 9.91. The van der Waals surface area contributed by atoms with Gasteiger partial charge in [0.05, 0.1) is 5.56 Å². The smallest absolute Gasteiger partial charge is 0.367 e. The maximum absolute atomic E-state index is 12.6. The van der Waals surface area contributed by atoms with E-state index in [2.05, 4.69) is 15.6 Å². The molecule has 8 heteroatoms. The highest BCUT2D eigenvalue weighted by Crippen LogP contribution is 2.29. The Hall–Kier alpha value is -2.30. The van der Waals surface area contributed by atoms with Crippen molar-refractivity contribution in [2.45, 2.75) is 19.0 Å². The van der Waals surface area contributed by atoms with Crippen LogP contribution in [0.15, 0.2) is 12.1 Å². The molecule has 1 amide bonds. The van der Waals surface area contributed by atoms with Gasteiger partial charge in [0, 0.05) is 19.0 Å². The molecule has 0 atom stereocenters. The summed E-state index contributed by atoms with van der Waals surface area (Å²) in [6.45, 7) is 0.458. The molecule has 0 spiro atoms. The number of anilines is 1. The van der Waals surface area contributed by atoms with Gasteiger partial charge < -0.3 is 10.6 Å². The number of aromatic nitrogens is 1. The average molecular weight is 298 g/mol. The second-order valence-corrected chi connectivity index (χ2v) is 4.69. The van der Waals surface area contributed by atoms with Crippen LogP contribution in [0.5, 0.6) is 0 Å². The van der Waals surface area contributed by atoms with Crippen LogP contribution in [0.4, 0.5) is 19.0 Å². The van der Waals surface area contributed by atoms with Crippen LogP contribution in [0.25, 0.3) is 0 Å². The minimum absolute atomic E-state index is 0.0246. The molecule has 2 rings (SSSR count). The van der Waals surface area contributed by atoms with E-state index in [4.69, 9.17) is 5.26 Å². The normalized spacial score (nSPS) is 14.4. The van der Waals surface area contributed by atoms with Crippen LogP contribution in [0, 0.1) is 17.2 Å². The SMILES string of the molecule is N#Cc1ccc(C(F)(F)F)nc1NCCNC(=O)C1CC1. The van der Waals surface area contributed by atoms with E-state index >= 15 is 0 Å². The van der Waals surface area contributed by atoms with Gasteiger partial charge in [-0.1, -0.05) is 0 Å². The van der Waals surface area contributed by atoms with Crippen molar-refractivity contribution in [1.82, 2.24) is 10.3 Å². The van der Waals surface area contributed by atoms with Crippen LogP contribution in [-0.2, 0) is 11.0 Å². The molecule has 0 bridgehead atoms. The highest BCUT2D eigenvalue weighted by Gasteiger charge is 2.33. The number of carbonyl (C=O) groups excluding carboxylic acids is 1. The quantitative estimate of drug-likeness (QED) is 0.814. The Bertz CT molecular complexity index is 576. The van der Waals surface area contributed by atoms with Gasteiger partial charge in [-0.05, 0) is 25.0 Å². The fourth-order valence-corrected chi connectivity index (χ4v) is 1.70. The largest absolute Gasteiger partial charge is 0.433 e. The Kier molecular flexibility index (Phi) is 4.31. The van der Waals surface area contributed by atoms with E-state index in [0.717, 1.165) is 25.0 Å². The summed E-state index contributed by atoms with van der Waals surface area (Å²) < 4.78 is 37.7. The fourth-order valence-electron chi connectivity index (χ4n) is 1.70. The van der Waals surface area contributed by atoms with E-state index in [1.807, 2.05) is 0 Å². The summed E-state index contributed by atoms with van der Waals surface area (Å²) in [6.07, 6.45) is -2.80. The predicted octanol–water partition coefficient (Wildman–Crippen LogP) is 1.91. The minimum Gasteiger partial charge on any atom is -0.367 e. The summed E-state index contributed by atoms with van der Waals surface area (Å²) in [5.74, 6) is -0.103. The van der Waals surface area contributed by atoms with Gasteiger partial charge in [-0.25, -0.2) is 4.98 Å². The summed E-state index contributed by atoms with van der Waals surface area (Å²) in [5, 5.41) is 14.2.